The summed E-state index contributed by atoms with van der Waals surface area (Å²) in [6, 6.07) is 1.99. The van der Waals surface area contributed by atoms with Crippen molar-refractivity contribution >= 4 is 12.1 Å². The zero-order valence-corrected chi connectivity index (χ0v) is 16.9. The summed E-state index contributed by atoms with van der Waals surface area (Å²) in [5, 5.41) is 2.77. The number of nitrogens with zero attached hydrogens (tertiary/aromatic N) is 2. The maximum absolute atomic E-state index is 12.2. The third kappa shape index (κ3) is 4.35. The van der Waals surface area contributed by atoms with Gasteiger partial charge >= 0.3 is 12.1 Å². The molecule has 1 aliphatic carbocycles. The molecule has 28 heavy (non-hydrogen) atoms. The zero-order chi connectivity index (χ0) is 20.3. The highest BCUT2D eigenvalue weighted by Crippen LogP contribution is 2.36. The van der Waals surface area contributed by atoms with Crippen molar-refractivity contribution < 1.29 is 19.1 Å². The quantitative estimate of drug-likeness (QED) is 0.630. The van der Waals surface area contributed by atoms with E-state index < -0.39 is 11.7 Å². The van der Waals surface area contributed by atoms with Gasteiger partial charge in [-0.2, -0.15) is 0 Å². The van der Waals surface area contributed by atoms with E-state index in [-0.39, 0.29) is 5.97 Å². The summed E-state index contributed by atoms with van der Waals surface area (Å²) >= 11 is 0. The highest BCUT2D eigenvalue weighted by Gasteiger charge is 2.27. The molecule has 0 unspecified atom stereocenters. The number of rotatable bonds is 5. The maximum atomic E-state index is 12.2. The van der Waals surface area contributed by atoms with Crippen LogP contribution in [0, 0.1) is 0 Å². The predicted molar refractivity (Wildman–Crippen MR) is 105 cm³/mol. The Bertz CT molecular complexity index is 880. The summed E-state index contributed by atoms with van der Waals surface area (Å²) < 4.78 is 12.3. The molecule has 2 heterocycles. The average Bonchev–Trinajstić information content (AvgIpc) is 3.02. The van der Waals surface area contributed by atoms with Crippen molar-refractivity contribution in [3.8, 4) is 11.3 Å². The van der Waals surface area contributed by atoms with Gasteiger partial charge in [0.1, 0.15) is 5.60 Å². The molecular weight excluding hydrogens is 358 g/mol. The molecule has 2 aromatic rings. The molecule has 0 fully saturated rings. The van der Waals surface area contributed by atoms with Crippen LogP contribution < -0.4 is 5.32 Å². The van der Waals surface area contributed by atoms with Crippen LogP contribution in [0.15, 0.2) is 24.7 Å². The fourth-order valence-corrected chi connectivity index (χ4v) is 3.50. The van der Waals surface area contributed by atoms with E-state index in [2.05, 4.69) is 14.9 Å². The Morgan fingerprint density at radius 1 is 1.29 bits per heavy atom. The fraction of sp³-hybridized carbons (Fsp3) is 0.476. The number of alkyl carbamates (subject to hydrolysis) is 1. The van der Waals surface area contributed by atoms with Crippen molar-refractivity contribution in [1.29, 1.82) is 0 Å². The number of carbonyl (C=O) groups is 2. The van der Waals surface area contributed by atoms with E-state index in [4.69, 9.17) is 9.47 Å². The number of esters is 1. The van der Waals surface area contributed by atoms with Gasteiger partial charge in [-0.05, 0) is 57.2 Å². The Morgan fingerprint density at radius 2 is 2.07 bits per heavy atom. The lowest BCUT2D eigenvalue weighted by Gasteiger charge is -2.20. The number of methoxy groups -OCH3 is 1. The van der Waals surface area contributed by atoms with E-state index in [1.54, 1.807) is 6.20 Å². The average molecular weight is 385 g/mol. The molecule has 0 spiro atoms. The second-order valence-corrected chi connectivity index (χ2v) is 7.87. The molecule has 0 aliphatic heterocycles. The lowest BCUT2D eigenvalue weighted by atomic mass is 9.90. The highest BCUT2D eigenvalue weighted by atomic mass is 16.6. The lowest BCUT2D eigenvalue weighted by Crippen LogP contribution is -2.33. The van der Waals surface area contributed by atoms with E-state index in [1.165, 1.54) is 12.7 Å². The van der Waals surface area contributed by atoms with Crippen molar-refractivity contribution in [2.75, 3.05) is 13.7 Å². The first kappa shape index (κ1) is 19.9. The molecule has 7 heteroatoms. The van der Waals surface area contributed by atoms with E-state index in [0.717, 1.165) is 29.7 Å². The largest absolute Gasteiger partial charge is 0.465 e. The van der Waals surface area contributed by atoms with Gasteiger partial charge < -0.3 is 19.4 Å². The Kier molecular flexibility index (Phi) is 5.72. The number of amides is 1. The van der Waals surface area contributed by atoms with Crippen molar-refractivity contribution in [1.82, 2.24) is 14.9 Å². The second-order valence-electron chi connectivity index (χ2n) is 7.87. The van der Waals surface area contributed by atoms with Gasteiger partial charge in [0.05, 0.1) is 18.4 Å². The third-order valence-corrected chi connectivity index (χ3v) is 4.64. The van der Waals surface area contributed by atoms with Crippen LogP contribution in [0.2, 0.25) is 0 Å². The van der Waals surface area contributed by atoms with Crippen molar-refractivity contribution in [2.24, 2.45) is 0 Å². The number of carbonyl (C=O) groups excluding carboxylic acids is 2. The van der Waals surface area contributed by atoms with Crippen LogP contribution in [-0.4, -0.2) is 40.9 Å². The molecule has 0 atom stereocenters. The molecule has 1 amide bonds. The Balaban J connectivity index is 1.76. The number of fused-ring (bicyclic) bond motifs is 3. The van der Waals surface area contributed by atoms with Gasteiger partial charge in [-0.1, -0.05) is 0 Å². The summed E-state index contributed by atoms with van der Waals surface area (Å²) in [5.41, 5.74) is 4.44. The van der Waals surface area contributed by atoms with Gasteiger partial charge in [0.2, 0.25) is 0 Å². The maximum Gasteiger partial charge on any atom is 0.407 e. The van der Waals surface area contributed by atoms with Crippen LogP contribution in [-0.2, 0) is 28.9 Å². The molecule has 0 aromatic carbocycles. The van der Waals surface area contributed by atoms with E-state index in [9.17, 15) is 9.59 Å². The Morgan fingerprint density at radius 3 is 2.79 bits per heavy atom. The van der Waals surface area contributed by atoms with E-state index >= 15 is 0 Å². The topological polar surface area (TPSA) is 82.5 Å². The minimum absolute atomic E-state index is 0.320. The normalized spacial score (nSPS) is 12.7. The monoisotopic (exact) mass is 385 g/mol. The summed E-state index contributed by atoms with van der Waals surface area (Å²) in [6.07, 6.45) is 7.44. The molecule has 3 rings (SSSR count). The van der Waals surface area contributed by atoms with Crippen LogP contribution in [0.1, 0.15) is 48.7 Å². The standard InChI is InChI=1S/C21H27N3O4/c1-21(2,3)28-20(26)23-9-5-11-24-13-17(19(25)27-4)16-7-6-14-12-22-10-8-15(14)18(16)24/h8,10,12-13H,5-7,9,11H2,1-4H3,(H,23,26). The molecule has 0 saturated carbocycles. The first-order valence-electron chi connectivity index (χ1n) is 9.50. The van der Waals surface area contributed by atoms with Crippen LogP contribution in [0.5, 0.6) is 0 Å². The number of hydrogen-bond acceptors (Lipinski definition) is 5. The SMILES string of the molecule is COC(=O)c1cn(CCCNC(=O)OC(C)(C)C)c2c1CCc1cnccc1-2. The smallest absolute Gasteiger partial charge is 0.407 e. The molecular formula is C21H27N3O4. The molecule has 7 nitrogen and oxygen atoms in total. The van der Waals surface area contributed by atoms with Crippen molar-refractivity contribution in [3.63, 3.8) is 0 Å². The van der Waals surface area contributed by atoms with Gasteiger partial charge in [0.25, 0.3) is 0 Å². The molecule has 150 valence electrons. The first-order chi connectivity index (χ1) is 13.3. The van der Waals surface area contributed by atoms with Crippen molar-refractivity contribution in [2.45, 2.75) is 52.2 Å². The summed E-state index contributed by atoms with van der Waals surface area (Å²) in [5.74, 6) is -0.320. The van der Waals surface area contributed by atoms with Gasteiger partial charge in [-0.3, -0.25) is 4.98 Å². The number of aryl methyl sites for hydroxylation is 2. The third-order valence-electron chi connectivity index (χ3n) is 4.64. The fourth-order valence-electron chi connectivity index (χ4n) is 3.50. The number of nitrogens with one attached hydrogen (secondary N) is 1. The van der Waals surface area contributed by atoms with Crippen molar-refractivity contribution in [3.05, 3.63) is 41.3 Å². The van der Waals surface area contributed by atoms with E-state index in [1.807, 2.05) is 39.2 Å². The zero-order valence-electron chi connectivity index (χ0n) is 16.9. The van der Waals surface area contributed by atoms with Gasteiger partial charge in [0, 0.05) is 37.2 Å². The predicted octanol–water partition coefficient (Wildman–Crippen LogP) is 3.35. The van der Waals surface area contributed by atoms with E-state index in [0.29, 0.717) is 25.1 Å². The molecule has 2 aromatic heterocycles. The second kappa shape index (κ2) is 8.04. The number of aromatic nitrogens is 2. The number of ether oxygens (including phenoxy) is 2. The molecule has 1 N–H and O–H groups in total. The highest BCUT2D eigenvalue weighted by molar-refractivity contribution is 5.94. The Hall–Kier alpha value is -2.83. The molecule has 1 aliphatic rings. The molecule has 0 bridgehead atoms. The lowest BCUT2D eigenvalue weighted by molar-refractivity contribution is 0.0525. The summed E-state index contributed by atoms with van der Waals surface area (Å²) in [6.45, 7) is 6.65. The van der Waals surface area contributed by atoms with Gasteiger partial charge in [-0.25, -0.2) is 9.59 Å². The summed E-state index contributed by atoms with van der Waals surface area (Å²) in [7, 11) is 1.40. The van der Waals surface area contributed by atoms with Crippen LogP contribution >= 0.6 is 0 Å². The van der Waals surface area contributed by atoms with Gasteiger partial charge in [-0.15, -0.1) is 0 Å². The number of hydrogen-bond donors (Lipinski definition) is 1. The van der Waals surface area contributed by atoms with Crippen LogP contribution in [0.3, 0.4) is 0 Å². The number of pyridine rings is 1. The van der Waals surface area contributed by atoms with Crippen LogP contribution in [0.25, 0.3) is 11.3 Å². The first-order valence-corrected chi connectivity index (χ1v) is 9.50. The summed E-state index contributed by atoms with van der Waals surface area (Å²) in [4.78, 5) is 28.3. The molecule has 0 saturated heterocycles. The minimum atomic E-state index is -0.517. The van der Waals surface area contributed by atoms with Crippen LogP contribution in [0.4, 0.5) is 4.79 Å². The van der Waals surface area contributed by atoms with Gasteiger partial charge in [0.15, 0.2) is 0 Å². The minimum Gasteiger partial charge on any atom is -0.465 e. The Labute approximate surface area is 165 Å². The molecule has 0 radical (unpaired) electrons.